The fraction of sp³-hybridized carbons (Fsp3) is 0.714. The standard InChI is InChI=1S/C14H25N3O2S/c1-4-17-10-14(20(18,19)16-8-11(2)3)7-13(17)9-15-12-5-6-12/h7,10-12,15-16H,4-6,8-9H2,1-3H3. The summed E-state index contributed by atoms with van der Waals surface area (Å²) in [5.41, 5.74) is 1.03. The van der Waals surface area contributed by atoms with Gasteiger partial charge >= 0.3 is 0 Å². The van der Waals surface area contributed by atoms with Gasteiger partial charge in [-0.05, 0) is 31.7 Å². The van der Waals surface area contributed by atoms with E-state index in [4.69, 9.17) is 0 Å². The first-order valence-electron chi connectivity index (χ1n) is 7.34. The molecule has 20 heavy (non-hydrogen) atoms. The number of aromatic nitrogens is 1. The molecule has 2 N–H and O–H groups in total. The Morgan fingerprint density at radius 2 is 2.10 bits per heavy atom. The van der Waals surface area contributed by atoms with Crippen LogP contribution in [0.2, 0.25) is 0 Å². The van der Waals surface area contributed by atoms with Gasteiger partial charge in [0.2, 0.25) is 10.0 Å². The molecule has 0 aromatic carbocycles. The first-order chi connectivity index (χ1) is 9.42. The van der Waals surface area contributed by atoms with Crippen LogP contribution in [0.15, 0.2) is 17.2 Å². The van der Waals surface area contributed by atoms with E-state index in [1.165, 1.54) is 12.8 Å². The maximum atomic E-state index is 12.2. The van der Waals surface area contributed by atoms with Crippen LogP contribution in [0.3, 0.4) is 0 Å². The molecular formula is C14H25N3O2S. The van der Waals surface area contributed by atoms with Crippen LogP contribution in [0.5, 0.6) is 0 Å². The van der Waals surface area contributed by atoms with Gasteiger partial charge in [0, 0.05) is 37.6 Å². The van der Waals surface area contributed by atoms with Gasteiger partial charge in [-0.3, -0.25) is 0 Å². The van der Waals surface area contributed by atoms with Crippen molar-refractivity contribution < 1.29 is 8.42 Å². The largest absolute Gasteiger partial charge is 0.349 e. The van der Waals surface area contributed by atoms with E-state index >= 15 is 0 Å². The SMILES string of the molecule is CCn1cc(S(=O)(=O)NCC(C)C)cc1CNC1CC1. The van der Waals surface area contributed by atoms with Gasteiger partial charge in [-0.1, -0.05) is 13.8 Å². The molecule has 0 aliphatic heterocycles. The number of sulfonamides is 1. The van der Waals surface area contributed by atoms with Gasteiger partial charge in [-0.15, -0.1) is 0 Å². The highest BCUT2D eigenvalue weighted by atomic mass is 32.2. The molecule has 0 saturated heterocycles. The smallest absolute Gasteiger partial charge is 0.242 e. The average Bonchev–Trinajstić information content (AvgIpc) is 3.12. The van der Waals surface area contributed by atoms with Crippen LogP contribution in [0.1, 0.15) is 39.3 Å². The van der Waals surface area contributed by atoms with Crippen molar-refractivity contribution >= 4 is 10.0 Å². The molecule has 0 bridgehead atoms. The van der Waals surface area contributed by atoms with Gasteiger partial charge in [0.25, 0.3) is 0 Å². The highest BCUT2D eigenvalue weighted by molar-refractivity contribution is 7.89. The maximum absolute atomic E-state index is 12.2. The van der Waals surface area contributed by atoms with E-state index in [1.54, 1.807) is 12.3 Å². The Kier molecular flexibility index (Phi) is 4.88. The summed E-state index contributed by atoms with van der Waals surface area (Å²) < 4.78 is 29.1. The minimum atomic E-state index is -3.39. The van der Waals surface area contributed by atoms with E-state index in [9.17, 15) is 8.42 Å². The molecule has 0 spiro atoms. The molecule has 0 unspecified atom stereocenters. The molecule has 1 aliphatic rings. The van der Waals surface area contributed by atoms with Crippen molar-refractivity contribution in [1.82, 2.24) is 14.6 Å². The number of rotatable bonds is 8. The molecule has 5 nitrogen and oxygen atoms in total. The fourth-order valence-corrected chi connectivity index (χ4v) is 3.29. The van der Waals surface area contributed by atoms with Gasteiger partial charge in [0.15, 0.2) is 0 Å². The third-order valence-electron chi connectivity index (χ3n) is 3.44. The summed E-state index contributed by atoms with van der Waals surface area (Å²) in [6, 6.07) is 2.40. The van der Waals surface area contributed by atoms with Gasteiger partial charge < -0.3 is 9.88 Å². The lowest BCUT2D eigenvalue weighted by molar-refractivity contribution is 0.560. The van der Waals surface area contributed by atoms with Crippen LogP contribution in [0.25, 0.3) is 0 Å². The molecule has 0 atom stereocenters. The van der Waals surface area contributed by atoms with Gasteiger partial charge in [-0.2, -0.15) is 0 Å². The van der Waals surface area contributed by atoms with Crippen molar-refractivity contribution in [2.75, 3.05) is 6.54 Å². The molecule has 1 aromatic rings. The zero-order chi connectivity index (χ0) is 14.8. The Balaban J connectivity index is 2.10. The topological polar surface area (TPSA) is 63.1 Å². The zero-order valence-corrected chi connectivity index (χ0v) is 13.3. The lowest BCUT2D eigenvalue weighted by atomic mass is 10.2. The lowest BCUT2D eigenvalue weighted by Crippen LogP contribution is -2.27. The van der Waals surface area contributed by atoms with E-state index in [1.807, 2.05) is 25.3 Å². The molecule has 1 aliphatic carbocycles. The van der Waals surface area contributed by atoms with E-state index in [0.717, 1.165) is 18.8 Å². The monoisotopic (exact) mass is 299 g/mol. The zero-order valence-electron chi connectivity index (χ0n) is 12.5. The van der Waals surface area contributed by atoms with E-state index in [-0.39, 0.29) is 0 Å². The van der Waals surface area contributed by atoms with E-state index in [0.29, 0.717) is 23.4 Å². The normalized spacial score (nSPS) is 16.0. The Bertz CT molecular complexity index is 545. The molecule has 1 saturated carbocycles. The van der Waals surface area contributed by atoms with E-state index in [2.05, 4.69) is 10.0 Å². The molecule has 1 fully saturated rings. The van der Waals surface area contributed by atoms with Crippen LogP contribution >= 0.6 is 0 Å². The molecule has 114 valence electrons. The van der Waals surface area contributed by atoms with Crippen LogP contribution in [-0.4, -0.2) is 25.6 Å². The summed E-state index contributed by atoms with van der Waals surface area (Å²) in [6.45, 7) is 7.99. The third kappa shape index (κ3) is 4.07. The number of nitrogens with one attached hydrogen (secondary N) is 2. The molecular weight excluding hydrogens is 274 g/mol. The van der Waals surface area contributed by atoms with Crippen molar-refractivity contribution in [2.45, 2.75) is 57.6 Å². The summed E-state index contributed by atoms with van der Waals surface area (Å²) in [6.07, 6.45) is 4.19. The second-order valence-electron chi connectivity index (χ2n) is 5.85. The predicted molar refractivity (Wildman–Crippen MR) is 80.0 cm³/mol. The minimum absolute atomic E-state index is 0.300. The number of nitrogens with zero attached hydrogens (tertiary/aromatic N) is 1. The molecule has 2 rings (SSSR count). The highest BCUT2D eigenvalue weighted by Gasteiger charge is 2.22. The maximum Gasteiger partial charge on any atom is 0.242 e. The summed E-state index contributed by atoms with van der Waals surface area (Å²) in [5, 5.41) is 3.43. The predicted octanol–water partition coefficient (Wildman–Crippen LogP) is 1.69. The van der Waals surface area contributed by atoms with Crippen molar-refractivity contribution in [1.29, 1.82) is 0 Å². The van der Waals surface area contributed by atoms with Crippen molar-refractivity contribution in [3.63, 3.8) is 0 Å². The Morgan fingerprint density at radius 3 is 2.65 bits per heavy atom. The van der Waals surface area contributed by atoms with Crippen LogP contribution < -0.4 is 10.0 Å². The second-order valence-corrected chi connectivity index (χ2v) is 7.62. The first kappa shape index (κ1) is 15.5. The number of hydrogen-bond donors (Lipinski definition) is 2. The quantitative estimate of drug-likeness (QED) is 0.768. The first-order valence-corrected chi connectivity index (χ1v) is 8.82. The summed E-state index contributed by atoms with van der Waals surface area (Å²) >= 11 is 0. The molecule has 6 heteroatoms. The summed E-state index contributed by atoms with van der Waals surface area (Å²) in [7, 11) is -3.39. The Labute approximate surface area is 121 Å². The molecule has 0 amide bonds. The minimum Gasteiger partial charge on any atom is -0.349 e. The third-order valence-corrected chi connectivity index (χ3v) is 4.83. The molecule has 1 heterocycles. The number of hydrogen-bond acceptors (Lipinski definition) is 3. The highest BCUT2D eigenvalue weighted by Crippen LogP contribution is 2.20. The Hall–Kier alpha value is -0.850. The fourth-order valence-electron chi connectivity index (χ4n) is 2.01. The van der Waals surface area contributed by atoms with Gasteiger partial charge in [-0.25, -0.2) is 13.1 Å². The second kappa shape index (κ2) is 6.28. The summed E-state index contributed by atoms with van der Waals surface area (Å²) in [4.78, 5) is 0.368. The van der Waals surface area contributed by atoms with Crippen LogP contribution in [0, 0.1) is 5.92 Å². The summed E-state index contributed by atoms with van der Waals surface area (Å²) in [5.74, 6) is 0.300. The number of aryl methyl sites for hydroxylation is 1. The molecule has 0 radical (unpaired) electrons. The van der Waals surface area contributed by atoms with E-state index < -0.39 is 10.0 Å². The van der Waals surface area contributed by atoms with Crippen molar-refractivity contribution in [2.24, 2.45) is 5.92 Å². The van der Waals surface area contributed by atoms with Crippen molar-refractivity contribution in [3.8, 4) is 0 Å². The molecule has 1 aromatic heterocycles. The van der Waals surface area contributed by atoms with Gasteiger partial charge in [0.05, 0.1) is 4.90 Å². The van der Waals surface area contributed by atoms with Crippen molar-refractivity contribution in [3.05, 3.63) is 18.0 Å². The average molecular weight is 299 g/mol. The van der Waals surface area contributed by atoms with Crippen LogP contribution in [-0.2, 0) is 23.1 Å². The van der Waals surface area contributed by atoms with Crippen LogP contribution in [0.4, 0.5) is 0 Å². The van der Waals surface area contributed by atoms with Gasteiger partial charge in [0.1, 0.15) is 0 Å². The Morgan fingerprint density at radius 1 is 1.40 bits per heavy atom. The lowest BCUT2D eigenvalue weighted by Gasteiger charge is -2.06.